The molecule has 0 spiro atoms. The molecule has 0 saturated carbocycles. The van der Waals surface area contributed by atoms with Gasteiger partial charge in [-0.3, -0.25) is 9.36 Å². The maximum absolute atomic E-state index is 12.8. The predicted octanol–water partition coefficient (Wildman–Crippen LogP) is 4.60. The van der Waals surface area contributed by atoms with Crippen LogP contribution in [0.15, 0.2) is 60.3 Å². The monoisotopic (exact) mass is 469 g/mol. The highest BCUT2D eigenvalue weighted by Gasteiger charge is 2.20. The molecule has 0 N–H and O–H groups in total. The summed E-state index contributed by atoms with van der Waals surface area (Å²) in [4.78, 5) is 12.8. The van der Waals surface area contributed by atoms with Crippen LogP contribution in [0.25, 0.3) is 0 Å². The van der Waals surface area contributed by atoms with Crippen LogP contribution >= 0.6 is 11.8 Å². The second-order valence-electron chi connectivity index (χ2n) is 6.96. The minimum absolute atomic E-state index is 0.0589. The molecule has 1 unspecified atom stereocenters. The maximum atomic E-state index is 12.8. The zero-order valence-electron chi connectivity index (χ0n) is 19.1. The first-order valence-electron chi connectivity index (χ1n) is 10.2. The molecular formula is C24H27N3O5S. The van der Waals surface area contributed by atoms with Crippen LogP contribution in [-0.4, -0.2) is 47.6 Å². The number of Topliss-reactive ketones (excluding diaryl/α,β-unsaturated/α-hetero) is 1. The van der Waals surface area contributed by atoms with Crippen molar-refractivity contribution in [2.45, 2.75) is 24.7 Å². The third-order valence-electron chi connectivity index (χ3n) is 4.81. The highest BCUT2D eigenvalue weighted by Crippen LogP contribution is 2.30. The minimum atomic E-state index is -0.375. The van der Waals surface area contributed by atoms with Crippen LogP contribution in [0.3, 0.4) is 0 Å². The van der Waals surface area contributed by atoms with Crippen molar-refractivity contribution in [2.24, 2.45) is 0 Å². The Morgan fingerprint density at radius 2 is 1.82 bits per heavy atom. The number of hydrogen-bond donors (Lipinski definition) is 0. The first kappa shape index (κ1) is 24.2. The molecule has 3 rings (SSSR count). The molecule has 0 aliphatic rings. The van der Waals surface area contributed by atoms with E-state index in [1.807, 2.05) is 35.8 Å². The van der Waals surface area contributed by atoms with Crippen LogP contribution in [0, 0.1) is 0 Å². The molecule has 1 aromatic heterocycles. The minimum Gasteiger partial charge on any atom is -0.497 e. The number of methoxy groups -OCH3 is 3. The van der Waals surface area contributed by atoms with Gasteiger partial charge in [-0.15, -0.1) is 16.8 Å². The second-order valence-corrected chi connectivity index (χ2v) is 7.90. The van der Waals surface area contributed by atoms with Gasteiger partial charge in [-0.2, -0.15) is 0 Å². The molecule has 0 bridgehead atoms. The Bertz CT molecular complexity index is 1120. The van der Waals surface area contributed by atoms with Crippen molar-refractivity contribution >= 4 is 17.5 Å². The van der Waals surface area contributed by atoms with E-state index in [9.17, 15) is 4.79 Å². The molecule has 2 aromatic carbocycles. The number of allylic oxidation sites excluding steroid dienone is 1. The summed E-state index contributed by atoms with van der Waals surface area (Å²) in [5.41, 5.74) is 0.532. The van der Waals surface area contributed by atoms with E-state index in [2.05, 4.69) is 16.8 Å². The number of nitrogens with zero attached hydrogens (tertiary/aromatic N) is 3. The summed E-state index contributed by atoms with van der Waals surface area (Å²) in [5, 5.41) is 9.21. The van der Waals surface area contributed by atoms with Gasteiger partial charge in [0.15, 0.2) is 34.4 Å². The number of carbonyl (C=O) groups excluding carboxylic acids is 1. The van der Waals surface area contributed by atoms with Crippen molar-refractivity contribution in [1.82, 2.24) is 14.8 Å². The SMILES string of the molecule is C=CCn1c(SCC(=O)c2ccc(OC)c(OC)c2)nnc1C(C)Oc1cccc(OC)c1. The number of ketones is 1. The van der Waals surface area contributed by atoms with Gasteiger partial charge >= 0.3 is 0 Å². The summed E-state index contributed by atoms with van der Waals surface area (Å²) in [6.07, 6.45) is 1.38. The number of carbonyl (C=O) groups is 1. The number of thioether (sulfide) groups is 1. The average molecular weight is 470 g/mol. The van der Waals surface area contributed by atoms with E-state index in [0.29, 0.717) is 46.1 Å². The molecule has 174 valence electrons. The normalized spacial score (nSPS) is 11.5. The maximum Gasteiger partial charge on any atom is 0.192 e. The quantitative estimate of drug-likeness (QED) is 0.216. The lowest BCUT2D eigenvalue weighted by molar-refractivity contribution is 0.102. The average Bonchev–Trinajstić information content (AvgIpc) is 3.25. The van der Waals surface area contributed by atoms with Crippen molar-refractivity contribution in [3.63, 3.8) is 0 Å². The molecule has 0 aliphatic heterocycles. The van der Waals surface area contributed by atoms with Crippen LogP contribution in [0.1, 0.15) is 29.2 Å². The van der Waals surface area contributed by atoms with Crippen LogP contribution in [0.5, 0.6) is 23.0 Å². The van der Waals surface area contributed by atoms with E-state index in [0.717, 1.165) is 0 Å². The van der Waals surface area contributed by atoms with Crippen LogP contribution < -0.4 is 18.9 Å². The fourth-order valence-electron chi connectivity index (χ4n) is 3.16. The summed E-state index contributed by atoms with van der Waals surface area (Å²) < 4.78 is 23.7. The Morgan fingerprint density at radius 3 is 2.52 bits per heavy atom. The number of benzene rings is 2. The van der Waals surface area contributed by atoms with E-state index >= 15 is 0 Å². The Hall–Kier alpha value is -3.46. The summed E-state index contributed by atoms with van der Waals surface area (Å²) in [5.74, 6) is 3.21. The highest BCUT2D eigenvalue weighted by molar-refractivity contribution is 7.99. The fourth-order valence-corrected chi connectivity index (χ4v) is 4.01. The van der Waals surface area contributed by atoms with Crippen LogP contribution in [-0.2, 0) is 6.54 Å². The van der Waals surface area contributed by atoms with Gasteiger partial charge in [0.05, 0.1) is 27.1 Å². The lowest BCUT2D eigenvalue weighted by atomic mass is 10.1. The molecule has 1 heterocycles. The van der Waals surface area contributed by atoms with Crippen molar-refractivity contribution in [3.8, 4) is 23.0 Å². The van der Waals surface area contributed by atoms with Crippen molar-refractivity contribution in [3.05, 3.63) is 66.5 Å². The largest absolute Gasteiger partial charge is 0.497 e. The third kappa shape index (κ3) is 5.87. The number of aromatic nitrogens is 3. The molecule has 0 radical (unpaired) electrons. The summed E-state index contributed by atoms with van der Waals surface area (Å²) >= 11 is 1.31. The molecule has 1 atom stereocenters. The Morgan fingerprint density at radius 1 is 1.06 bits per heavy atom. The first-order valence-corrected chi connectivity index (χ1v) is 11.2. The molecule has 0 amide bonds. The molecule has 33 heavy (non-hydrogen) atoms. The van der Waals surface area contributed by atoms with Crippen molar-refractivity contribution in [2.75, 3.05) is 27.1 Å². The summed E-state index contributed by atoms with van der Waals surface area (Å²) in [6, 6.07) is 12.5. The van der Waals surface area contributed by atoms with Gasteiger partial charge in [0.1, 0.15) is 11.5 Å². The van der Waals surface area contributed by atoms with Gasteiger partial charge in [-0.1, -0.05) is 23.9 Å². The van der Waals surface area contributed by atoms with Gasteiger partial charge in [0, 0.05) is 18.2 Å². The molecule has 0 saturated heterocycles. The molecule has 8 nitrogen and oxygen atoms in total. The van der Waals surface area contributed by atoms with Crippen LogP contribution in [0.2, 0.25) is 0 Å². The zero-order valence-corrected chi connectivity index (χ0v) is 19.9. The molecular weight excluding hydrogens is 442 g/mol. The van der Waals surface area contributed by atoms with E-state index in [1.54, 1.807) is 38.5 Å². The fraction of sp³-hybridized carbons (Fsp3) is 0.292. The zero-order chi connectivity index (χ0) is 23.8. The van der Waals surface area contributed by atoms with E-state index in [-0.39, 0.29) is 17.6 Å². The van der Waals surface area contributed by atoms with E-state index in [1.165, 1.54) is 18.9 Å². The number of rotatable bonds is 12. The second kappa shape index (κ2) is 11.4. The van der Waals surface area contributed by atoms with Gasteiger partial charge < -0.3 is 18.9 Å². The van der Waals surface area contributed by atoms with Crippen molar-refractivity contribution in [1.29, 1.82) is 0 Å². The third-order valence-corrected chi connectivity index (χ3v) is 5.78. The van der Waals surface area contributed by atoms with E-state index < -0.39 is 0 Å². The van der Waals surface area contributed by atoms with Gasteiger partial charge in [-0.05, 0) is 37.3 Å². The number of ether oxygens (including phenoxy) is 4. The molecule has 0 aliphatic carbocycles. The van der Waals surface area contributed by atoms with Crippen LogP contribution in [0.4, 0.5) is 0 Å². The van der Waals surface area contributed by atoms with E-state index in [4.69, 9.17) is 18.9 Å². The highest BCUT2D eigenvalue weighted by atomic mass is 32.2. The predicted molar refractivity (Wildman–Crippen MR) is 127 cm³/mol. The van der Waals surface area contributed by atoms with Gasteiger partial charge in [0.2, 0.25) is 0 Å². The molecule has 0 fully saturated rings. The van der Waals surface area contributed by atoms with Crippen molar-refractivity contribution < 1.29 is 23.7 Å². The Labute approximate surface area is 197 Å². The summed E-state index contributed by atoms with van der Waals surface area (Å²) in [6.45, 7) is 6.21. The molecule has 3 aromatic rings. The topological polar surface area (TPSA) is 84.7 Å². The Balaban J connectivity index is 1.73. The first-order chi connectivity index (χ1) is 16.0. The number of hydrogen-bond acceptors (Lipinski definition) is 8. The molecule has 9 heteroatoms. The lowest BCUT2D eigenvalue weighted by Crippen LogP contribution is -2.12. The smallest absolute Gasteiger partial charge is 0.192 e. The van der Waals surface area contributed by atoms with Gasteiger partial charge in [-0.25, -0.2) is 0 Å². The lowest BCUT2D eigenvalue weighted by Gasteiger charge is -2.16. The Kier molecular flexibility index (Phi) is 8.37. The van der Waals surface area contributed by atoms with Gasteiger partial charge in [0.25, 0.3) is 0 Å². The summed E-state index contributed by atoms with van der Waals surface area (Å²) in [7, 11) is 4.70. The standard InChI is InChI=1S/C24H27N3O5S/c1-6-12-27-23(16(2)32-19-9-7-8-18(14-19)29-3)25-26-24(27)33-15-20(28)17-10-11-21(30-4)22(13-17)31-5/h6-11,13-14,16H,1,12,15H2,2-5H3.